The number of benzene rings is 3. The smallest absolute Gasteiger partial charge is 0.261 e. The molecule has 1 aliphatic rings. The molecular weight excluding hydrogens is 661 g/mol. The first kappa shape index (κ1) is 40.1. The third-order valence-electron chi connectivity index (χ3n) is 10.3. The van der Waals surface area contributed by atoms with Crippen molar-refractivity contribution in [2.24, 2.45) is 0 Å². The molecule has 1 aliphatic heterocycles. The first-order valence-electron chi connectivity index (χ1n) is 17.9. The van der Waals surface area contributed by atoms with Crippen LogP contribution in [0.3, 0.4) is 0 Å². The monoisotopic (exact) mass is 720 g/mol. The summed E-state index contributed by atoms with van der Waals surface area (Å²) in [6.45, 7) is 22.8. The molecule has 0 spiro atoms. The molecule has 0 radical (unpaired) electrons. The highest BCUT2D eigenvalue weighted by atomic mass is 28.4. The van der Waals surface area contributed by atoms with Gasteiger partial charge in [-0.05, 0) is 65.1 Å². The summed E-state index contributed by atoms with van der Waals surface area (Å²) in [5.41, 5.74) is -0.180. The van der Waals surface area contributed by atoms with Crippen molar-refractivity contribution >= 4 is 33.3 Å². The van der Waals surface area contributed by atoms with E-state index in [0.717, 1.165) is 17.6 Å². The first-order valence-corrected chi connectivity index (χ1v) is 22.7. The van der Waals surface area contributed by atoms with E-state index in [1.165, 1.54) is 10.4 Å². The molecule has 1 saturated heterocycles. The third kappa shape index (κ3) is 9.23. The summed E-state index contributed by atoms with van der Waals surface area (Å²) in [6, 6.07) is 29.0. The standard InChI is InChI=1S/C41H60O7Si2/c1-38(2,3)49(10,11)47-34(30-44-29-32-22-24-33(43-9)25-23-32)28-37-41(31-42,48-40(7,8)46-37)26-27-45-50(39(4,5)6,35-18-14-12-15-19-35)36-20-16-13-17-21-36/h12-25,31,34,37H,26-30H2,1-11H3/t34-,37-,41-/m1/s1. The van der Waals surface area contributed by atoms with Crippen LogP contribution in [0, 0.1) is 0 Å². The van der Waals surface area contributed by atoms with Crippen molar-refractivity contribution < 1.29 is 32.6 Å². The Labute approximate surface area is 303 Å². The number of carbonyl (C=O) groups is 1. The van der Waals surface area contributed by atoms with Crippen molar-refractivity contribution in [3.8, 4) is 5.75 Å². The number of rotatable bonds is 16. The van der Waals surface area contributed by atoms with Gasteiger partial charge in [0.2, 0.25) is 0 Å². The Morgan fingerprint density at radius 2 is 1.40 bits per heavy atom. The molecule has 0 aliphatic carbocycles. The van der Waals surface area contributed by atoms with E-state index in [-0.39, 0.29) is 16.2 Å². The molecule has 3 aromatic rings. The first-order chi connectivity index (χ1) is 23.4. The summed E-state index contributed by atoms with van der Waals surface area (Å²) < 4.78 is 38.9. The minimum Gasteiger partial charge on any atom is -0.497 e. The predicted octanol–water partition coefficient (Wildman–Crippen LogP) is 8.05. The van der Waals surface area contributed by atoms with Gasteiger partial charge in [0.05, 0.1) is 32.5 Å². The fraction of sp³-hybridized carbons (Fsp3) is 0.537. The second kappa shape index (κ2) is 15.9. The Kier molecular flexibility index (Phi) is 12.8. The summed E-state index contributed by atoms with van der Waals surface area (Å²) in [5, 5.41) is 2.17. The molecule has 50 heavy (non-hydrogen) atoms. The largest absolute Gasteiger partial charge is 0.497 e. The molecule has 0 aromatic heterocycles. The number of hydrogen-bond donors (Lipinski definition) is 0. The lowest BCUT2D eigenvalue weighted by molar-refractivity contribution is -0.168. The lowest BCUT2D eigenvalue weighted by Gasteiger charge is -2.43. The number of ether oxygens (including phenoxy) is 4. The highest BCUT2D eigenvalue weighted by molar-refractivity contribution is 6.99. The van der Waals surface area contributed by atoms with Crippen molar-refractivity contribution in [2.75, 3.05) is 20.3 Å². The van der Waals surface area contributed by atoms with Crippen LogP contribution in [0.1, 0.15) is 73.8 Å². The lowest BCUT2D eigenvalue weighted by Crippen LogP contribution is -2.67. The molecular formula is C41H60O7Si2. The Bertz CT molecular complexity index is 1460. The maximum Gasteiger partial charge on any atom is 0.261 e. The molecule has 3 atom stereocenters. The number of aldehydes is 1. The summed E-state index contributed by atoms with van der Waals surface area (Å²) in [7, 11) is -3.39. The van der Waals surface area contributed by atoms with Crippen molar-refractivity contribution in [2.45, 2.75) is 122 Å². The minimum absolute atomic E-state index is 0.0150. The molecule has 3 aromatic carbocycles. The zero-order chi connectivity index (χ0) is 36.8. The van der Waals surface area contributed by atoms with Crippen molar-refractivity contribution in [3.63, 3.8) is 0 Å². The van der Waals surface area contributed by atoms with E-state index in [4.69, 9.17) is 27.8 Å². The molecule has 0 N–H and O–H groups in total. The summed E-state index contributed by atoms with van der Waals surface area (Å²) >= 11 is 0. The number of carbonyl (C=O) groups excluding carboxylic acids is 1. The molecule has 7 nitrogen and oxygen atoms in total. The minimum atomic E-state index is -2.82. The molecule has 4 rings (SSSR count). The Morgan fingerprint density at radius 1 is 0.840 bits per heavy atom. The van der Waals surface area contributed by atoms with Gasteiger partial charge in [-0.1, -0.05) is 114 Å². The maximum absolute atomic E-state index is 13.3. The predicted molar refractivity (Wildman–Crippen MR) is 206 cm³/mol. The lowest BCUT2D eigenvalue weighted by atomic mass is 9.91. The van der Waals surface area contributed by atoms with Crippen LogP contribution in [0.2, 0.25) is 23.2 Å². The normalized spacial score (nSPS) is 20.4. The van der Waals surface area contributed by atoms with Gasteiger partial charge in [0.1, 0.15) is 5.75 Å². The van der Waals surface area contributed by atoms with Crippen LogP contribution in [0.4, 0.5) is 0 Å². The van der Waals surface area contributed by atoms with E-state index in [0.29, 0.717) is 32.7 Å². The topological polar surface area (TPSA) is 72.5 Å². The Balaban J connectivity index is 1.61. The van der Waals surface area contributed by atoms with E-state index in [9.17, 15) is 4.79 Å². The maximum atomic E-state index is 13.3. The van der Waals surface area contributed by atoms with E-state index >= 15 is 0 Å². The van der Waals surface area contributed by atoms with Gasteiger partial charge in [-0.3, -0.25) is 0 Å². The molecule has 0 amide bonds. The van der Waals surface area contributed by atoms with Gasteiger partial charge < -0.3 is 32.6 Å². The van der Waals surface area contributed by atoms with Crippen LogP contribution in [0.5, 0.6) is 5.75 Å². The molecule has 1 fully saturated rings. The zero-order valence-corrected chi connectivity index (χ0v) is 34.2. The highest BCUT2D eigenvalue weighted by Crippen LogP contribution is 2.43. The summed E-state index contributed by atoms with van der Waals surface area (Å²) in [5.74, 6) is -0.160. The quantitative estimate of drug-likeness (QED) is 0.110. The second-order valence-corrected chi connectivity index (χ2v) is 25.6. The van der Waals surface area contributed by atoms with Crippen molar-refractivity contribution in [3.05, 3.63) is 90.5 Å². The Hall–Kier alpha value is -2.64. The fourth-order valence-electron chi connectivity index (χ4n) is 6.75. The Morgan fingerprint density at radius 3 is 1.88 bits per heavy atom. The highest BCUT2D eigenvalue weighted by Gasteiger charge is 2.56. The number of methoxy groups -OCH3 is 1. The molecule has 0 bridgehead atoms. The van der Waals surface area contributed by atoms with E-state index in [1.807, 2.05) is 50.2 Å². The van der Waals surface area contributed by atoms with Crippen LogP contribution >= 0.6 is 0 Å². The van der Waals surface area contributed by atoms with Crippen LogP contribution in [0.25, 0.3) is 0 Å². The fourth-order valence-corrected chi connectivity index (χ4v) is 12.7. The van der Waals surface area contributed by atoms with E-state index in [2.05, 4.69) is 103 Å². The van der Waals surface area contributed by atoms with E-state index < -0.39 is 34.1 Å². The second-order valence-electron chi connectivity index (χ2n) is 16.5. The van der Waals surface area contributed by atoms with Gasteiger partial charge in [-0.25, -0.2) is 0 Å². The summed E-state index contributed by atoms with van der Waals surface area (Å²) in [6.07, 6.45) is 0.846. The van der Waals surface area contributed by atoms with Crippen LogP contribution in [-0.2, 0) is 34.5 Å². The van der Waals surface area contributed by atoms with Crippen LogP contribution in [0.15, 0.2) is 84.9 Å². The number of hydrogen-bond acceptors (Lipinski definition) is 7. The summed E-state index contributed by atoms with van der Waals surface area (Å²) in [4.78, 5) is 13.3. The van der Waals surface area contributed by atoms with Crippen molar-refractivity contribution in [1.29, 1.82) is 0 Å². The average Bonchev–Trinajstić information content (AvgIpc) is 3.31. The van der Waals surface area contributed by atoms with Gasteiger partial charge in [0, 0.05) is 19.4 Å². The molecule has 0 saturated carbocycles. The van der Waals surface area contributed by atoms with Gasteiger partial charge in [0.15, 0.2) is 26.0 Å². The molecule has 274 valence electrons. The van der Waals surface area contributed by atoms with Gasteiger partial charge in [-0.2, -0.15) is 0 Å². The van der Waals surface area contributed by atoms with Gasteiger partial charge in [0.25, 0.3) is 8.32 Å². The van der Waals surface area contributed by atoms with Crippen LogP contribution in [-0.4, -0.2) is 66.8 Å². The SMILES string of the molecule is COc1ccc(COC[C@@H](C[C@H]2OC(C)(C)O[C@@]2(C=O)CCO[Si](c2ccccc2)(c2ccccc2)C(C)(C)C)O[Si](C)(C)C(C)(C)C)cc1. The van der Waals surface area contributed by atoms with Gasteiger partial charge >= 0.3 is 0 Å². The average molecular weight is 721 g/mol. The molecule has 1 heterocycles. The van der Waals surface area contributed by atoms with Crippen LogP contribution < -0.4 is 15.1 Å². The van der Waals surface area contributed by atoms with E-state index in [1.54, 1.807) is 7.11 Å². The zero-order valence-electron chi connectivity index (χ0n) is 32.2. The molecule has 0 unspecified atom stereocenters. The third-order valence-corrected chi connectivity index (χ3v) is 19.9. The van der Waals surface area contributed by atoms with Crippen molar-refractivity contribution in [1.82, 2.24) is 0 Å². The molecule has 9 heteroatoms. The van der Waals surface area contributed by atoms with Gasteiger partial charge in [-0.15, -0.1) is 0 Å².